The van der Waals surface area contributed by atoms with Crippen LogP contribution in [0.25, 0.3) is 0 Å². The second kappa shape index (κ2) is 13.4. The first kappa shape index (κ1) is 26.9. The van der Waals surface area contributed by atoms with Crippen molar-refractivity contribution >= 4 is 35.3 Å². The number of amides is 3. The van der Waals surface area contributed by atoms with Gasteiger partial charge in [0.25, 0.3) is 5.91 Å². The van der Waals surface area contributed by atoms with Crippen LogP contribution in [0.3, 0.4) is 0 Å². The molecule has 3 aromatic rings. The van der Waals surface area contributed by atoms with E-state index in [4.69, 9.17) is 9.47 Å². The van der Waals surface area contributed by atoms with E-state index >= 15 is 0 Å². The molecule has 0 radical (unpaired) electrons. The number of benzene rings is 3. The summed E-state index contributed by atoms with van der Waals surface area (Å²) in [6.45, 7) is 1.60. The molecule has 3 aromatic carbocycles. The summed E-state index contributed by atoms with van der Waals surface area (Å²) in [6, 6.07) is 18.0. The number of hydrogen-bond donors (Lipinski definition) is 3. The van der Waals surface area contributed by atoms with Gasteiger partial charge < -0.3 is 20.1 Å². The average molecular weight is 507 g/mol. The van der Waals surface area contributed by atoms with Crippen molar-refractivity contribution in [2.75, 3.05) is 24.4 Å². The van der Waals surface area contributed by atoms with Gasteiger partial charge in [-0.2, -0.15) is 5.10 Å². The molecule has 0 bridgehead atoms. The second-order valence-electron chi connectivity index (χ2n) is 7.93. The number of para-hydroxylation sites is 1. The molecule has 0 saturated heterocycles. The van der Waals surface area contributed by atoms with Crippen LogP contribution in [0.15, 0.2) is 71.8 Å². The van der Waals surface area contributed by atoms with Crippen molar-refractivity contribution in [3.05, 3.63) is 83.7 Å². The van der Waals surface area contributed by atoms with Gasteiger partial charge in [-0.15, -0.1) is 0 Å². The van der Waals surface area contributed by atoms with Gasteiger partial charge in [-0.25, -0.2) is 9.82 Å². The number of hydrazone groups is 1. The van der Waals surface area contributed by atoms with Crippen molar-refractivity contribution in [2.45, 2.75) is 19.8 Å². The quantitative estimate of drug-likeness (QED) is 0.268. The van der Waals surface area contributed by atoms with Crippen molar-refractivity contribution in [2.24, 2.45) is 5.10 Å². The van der Waals surface area contributed by atoms with Crippen LogP contribution >= 0.6 is 0 Å². The van der Waals surface area contributed by atoms with E-state index in [1.807, 2.05) is 19.1 Å². The normalized spacial score (nSPS) is 10.6. The fourth-order valence-corrected chi connectivity index (χ4v) is 3.10. The van der Waals surface area contributed by atoms with Crippen molar-refractivity contribution in [3.63, 3.8) is 0 Å². The zero-order chi connectivity index (χ0) is 26.6. The fraction of sp³-hybridized carbons (Fsp3) is 0.185. The van der Waals surface area contributed by atoms with Gasteiger partial charge >= 0.3 is 0 Å². The summed E-state index contributed by atoms with van der Waals surface area (Å²) in [7, 11) is 1.44. The van der Waals surface area contributed by atoms with Crippen molar-refractivity contribution in [1.29, 1.82) is 0 Å². The molecule has 0 aromatic heterocycles. The minimum Gasteiger partial charge on any atom is -0.493 e. The second-order valence-corrected chi connectivity index (χ2v) is 7.93. The number of anilines is 2. The van der Waals surface area contributed by atoms with E-state index in [9.17, 15) is 18.8 Å². The molecule has 3 amide bonds. The van der Waals surface area contributed by atoms with Crippen LogP contribution in [0.4, 0.5) is 15.8 Å². The fourth-order valence-electron chi connectivity index (χ4n) is 3.10. The first-order valence-electron chi connectivity index (χ1n) is 11.4. The molecule has 10 heteroatoms. The maximum Gasteiger partial charge on any atom is 0.262 e. The molecule has 192 valence electrons. The molecule has 0 spiro atoms. The predicted octanol–water partition coefficient (Wildman–Crippen LogP) is 4.03. The lowest BCUT2D eigenvalue weighted by atomic mass is 10.2. The van der Waals surface area contributed by atoms with E-state index in [-0.39, 0.29) is 31.0 Å². The third-order valence-electron chi connectivity index (χ3n) is 5.01. The molecule has 0 fully saturated rings. The highest BCUT2D eigenvalue weighted by atomic mass is 19.1. The molecule has 9 nitrogen and oxygen atoms in total. The number of rotatable bonds is 11. The third kappa shape index (κ3) is 8.77. The molecule has 0 heterocycles. The van der Waals surface area contributed by atoms with Gasteiger partial charge in [0, 0.05) is 18.5 Å². The lowest BCUT2D eigenvalue weighted by Crippen LogP contribution is -2.21. The summed E-state index contributed by atoms with van der Waals surface area (Å²) in [5.74, 6) is -1.13. The van der Waals surface area contributed by atoms with Crippen molar-refractivity contribution in [1.82, 2.24) is 5.43 Å². The number of hydrogen-bond acceptors (Lipinski definition) is 6. The minimum atomic E-state index is -0.547. The van der Waals surface area contributed by atoms with E-state index in [1.165, 1.54) is 31.5 Å². The van der Waals surface area contributed by atoms with E-state index in [1.54, 1.807) is 36.4 Å². The van der Waals surface area contributed by atoms with Gasteiger partial charge in [0.2, 0.25) is 11.8 Å². The maximum absolute atomic E-state index is 13.7. The first-order valence-corrected chi connectivity index (χ1v) is 11.4. The number of methoxy groups -OCH3 is 1. The number of ether oxygens (including phenoxy) is 2. The Bertz CT molecular complexity index is 1280. The van der Waals surface area contributed by atoms with Gasteiger partial charge in [-0.1, -0.05) is 29.8 Å². The van der Waals surface area contributed by atoms with Crippen LogP contribution in [-0.2, 0) is 14.4 Å². The highest BCUT2D eigenvalue weighted by molar-refractivity contribution is 5.93. The van der Waals surface area contributed by atoms with Crippen LogP contribution in [0, 0.1) is 12.7 Å². The van der Waals surface area contributed by atoms with Crippen LogP contribution in [0.1, 0.15) is 24.0 Å². The van der Waals surface area contributed by atoms with Crippen molar-refractivity contribution < 1.29 is 28.2 Å². The SMILES string of the molecule is COc1cc(C=NNC(=O)CCC(=O)Nc2ccc(C)cc2)ccc1OCC(=O)Nc1ccccc1F. The summed E-state index contributed by atoms with van der Waals surface area (Å²) in [6.07, 6.45) is 1.39. The Morgan fingerprint density at radius 3 is 2.35 bits per heavy atom. The topological polar surface area (TPSA) is 118 Å². The largest absolute Gasteiger partial charge is 0.493 e. The number of carbonyl (C=O) groups is 3. The number of halogens is 1. The van der Waals surface area contributed by atoms with E-state index in [2.05, 4.69) is 21.2 Å². The Morgan fingerprint density at radius 2 is 1.62 bits per heavy atom. The first-order chi connectivity index (χ1) is 17.8. The average Bonchev–Trinajstić information content (AvgIpc) is 2.89. The Labute approximate surface area is 213 Å². The van der Waals surface area contributed by atoms with Gasteiger partial charge in [-0.3, -0.25) is 14.4 Å². The molecule has 3 rings (SSSR count). The molecular formula is C27H27FN4O5. The molecule has 0 saturated carbocycles. The summed E-state index contributed by atoms with van der Waals surface area (Å²) >= 11 is 0. The number of nitrogens with one attached hydrogen (secondary N) is 3. The summed E-state index contributed by atoms with van der Waals surface area (Å²) in [4.78, 5) is 36.1. The van der Waals surface area contributed by atoms with Crippen LogP contribution in [-0.4, -0.2) is 37.7 Å². The smallest absolute Gasteiger partial charge is 0.262 e. The standard InChI is InChI=1S/C27H27FN4O5/c1-18-7-10-20(11-8-18)30-25(33)13-14-26(34)32-29-16-19-9-12-23(24(15-19)36-2)37-17-27(35)31-22-6-4-3-5-21(22)28/h3-12,15-16H,13-14,17H2,1-2H3,(H,30,33)(H,31,35)(H,32,34). The Balaban J connectivity index is 1.44. The Morgan fingerprint density at radius 1 is 0.892 bits per heavy atom. The molecule has 37 heavy (non-hydrogen) atoms. The monoisotopic (exact) mass is 506 g/mol. The number of carbonyl (C=O) groups excluding carboxylic acids is 3. The highest BCUT2D eigenvalue weighted by Crippen LogP contribution is 2.27. The van der Waals surface area contributed by atoms with Gasteiger partial charge in [0.1, 0.15) is 5.82 Å². The third-order valence-corrected chi connectivity index (χ3v) is 5.01. The van der Waals surface area contributed by atoms with Crippen molar-refractivity contribution in [3.8, 4) is 11.5 Å². The Hall–Kier alpha value is -4.73. The zero-order valence-electron chi connectivity index (χ0n) is 20.4. The molecule has 0 atom stereocenters. The van der Waals surface area contributed by atoms with E-state index in [0.29, 0.717) is 22.7 Å². The van der Waals surface area contributed by atoms with Gasteiger partial charge in [-0.05, 0) is 55.0 Å². The predicted molar refractivity (Wildman–Crippen MR) is 138 cm³/mol. The maximum atomic E-state index is 13.7. The highest BCUT2D eigenvalue weighted by Gasteiger charge is 2.11. The van der Waals surface area contributed by atoms with Gasteiger partial charge in [0.15, 0.2) is 18.1 Å². The molecule has 0 aliphatic rings. The van der Waals surface area contributed by atoms with E-state index < -0.39 is 17.6 Å². The summed E-state index contributed by atoms with van der Waals surface area (Å²) < 4.78 is 24.5. The van der Waals surface area contributed by atoms with Crippen LogP contribution in [0.2, 0.25) is 0 Å². The zero-order valence-corrected chi connectivity index (χ0v) is 20.4. The number of aryl methyl sites for hydroxylation is 1. The van der Waals surface area contributed by atoms with Crippen LogP contribution < -0.4 is 25.5 Å². The molecular weight excluding hydrogens is 479 g/mol. The lowest BCUT2D eigenvalue weighted by molar-refractivity contribution is -0.124. The van der Waals surface area contributed by atoms with Gasteiger partial charge in [0.05, 0.1) is 19.0 Å². The molecule has 3 N–H and O–H groups in total. The molecule has 0 aliphatic carbocycles. The molecule has 0 unspecified atom stereocenters. The molecule has 0 aliphatic heterocycles. The minimum absolute atomic E-state index is 0.0135. The number of nitrogens with zero attached hydrogens (tertiary/aromatic N) is 1. The van der Waals surface area contributed by atoms with Crippen LogP contribution in [0.5, 0.6) is 11.5 Å². The lowest BCUT2D eigenvalue weighted by Gasteiger charge is -2.11. The van der Waals surface area contributed by atoms with E-state index in [0.717, 1.165) is 5.56 Å². The Kier molecular flexibility index (Phi) is 9.72. The summed E-state index contributed by atoms with van der Waals surface area (Å²) in [5, 5.41) is 9.06. The summed E-state index contributed by atoms with van der Waals surface area (Å²) in [5.41, 5.74) is 4.78.